The highest BCUT2D eigenvalue weighted by atomic mass is 16.5. The molecule has 0 bridgehead atoms. The third-order valence-corrected chi connectivity index (χ3v) is 4.54. The van der Waals surface area contributed by atoms with Crippen molar-refractivity contribution in [1.82, 2.24) is 25.3 Å². The minimum absolute atomic E-state index is 0.123. The average molecular weight is 359 g/mol. The van der Waals surface area contributed by atoms with Gasteiger partial charge in [-0.3, -0.25) is 4.90 Å². The van der Waals surface area contributed by atoms with Gasteiger partial charge in [-0.15, -0.1) is 0 Å². The van der Waals surface area contributed by atoms with Crippen LogP contribution in [0.5, 0.6) is 0 Å². The fourth-order valence-corrected chi connectivity index (χ4v) is 2.99. The summed E-state index contributed by atoms with van der Waals surface area (Å²) < 4.78 is 5.25. The zero-order valence-corrected chi connectivity index (χ0v) is 15.0. The highest BCUT2D eigenvalue weighted by molar-refractivity contribution is 5.74. The normalized spacial score (nSPS) is 15.2. The molecule has 140 valence electrons. The highest BCUT2D eigenvalue weighted by Crippen LogP contribution is 2.19. The van der Waals surface area contributed by atoms with E-state index in [0.29, 0.717) is 24.8 Å². The Morgan fingerprint density at radius 3 is 2.77 bits per heavy atom. The molecule has 2 N–H and O–H groups in total. The Balaban J connectivity index is 1.48. The fourth-order valence-electron chi connectivity index (χ4n) is 2.99. The smallest absolute Gasteiger partial charge is 0.317 e. The van der Waals surface area contributed by atoms with Crippen LogP contribution < -0.4 is 5.32 Å². The lowest BCUT2D eigenvalue weighted by molar-refractivity contribution is 0.132. The quantitative estimate of drug-likeness (QED) is 0.806. The van der Waals surface area contributed by atoms with Crippen molar-refractivity contribution in [3.8, 4) is 11.4 Å². The highest BCUT2D eigenvalue weighted by Gasteiger charge is 2.21. The lowest BCUT2D eigenvalue weighted by Crippen LogP contribution is -2.51. The van der Waals surface area contributed by atoms with E-state index in [1.54, 1.807) is 4.90 Å². The molecule has 26 heavy (non-hydrogen) atoms. The average Bonchev–Trinajstić information content (AvgIpc) is 3.14. The molecule has 8 heteroatoms. The first-order valence-electron chi connectivity index (χ1n) is 8.92. The third kappa shape index (κ3) is 4.59. The number of carbonyl (C=O) groups excluding carboxylic acids is 1. The molecular weight excluding hydrogens is 334 g/mol. The van der Waals surface area contributed by atoms with Gasteiger partial charge in [0.15, 0.2) is 0 Å². The van der Waals surface area contributed by atoms with Gasteiger partial charge in [-0.05, 0) is 18.9 Å². The molecule has 8 nitrogen and oxygen atoms in total. The Morgan fingerprint density at radius 2 is 2.04 bits per heavy atom. The van der Waals surface area contributed by atoms with Crippen LogP contribution in [0.3, 0.4) is 0 Å². The summed E-state index contributed by atoms with van der Waals surface area (Å²) in [5, 5.41) is 15.7. The SMILES string of the molecule is Cc1ccccc1-c1noc(CNC(=O)N2CCN(CCCO)CC2)n1. The number of nitrogens with zero attached hydrogens (tertiary/aromatic N) is 4. The maximum absolute atomic E-state index is 12.3. The molecule has 0 atom stereocenters. The second-order valence-electron chi connectivity index (χ2n) is 6.39. The lowest BCUT2D eigenvalue weighted by Gasteiger charge is -2.34. The maximum Gasteiger partial charge on any atom is 0.317 e. The molecular formula is C18H25N5O3. The number of nitrogens with one attached hydrogen (secondary N) is 1. The summed E-state index contributed by atoms with van der Waals surface area (Å²) in [6, 6.07) is 7.71. The van der Waals surface area contributed by atoms with E-state index in [1.807, 2.05) is 31.2 Å². The summed E-state index contributed by atoms with van der Waals surface area (Å²) in [4.78, 5) is 20.7. The Kier molecular flexibility index (Phi) is 6.19. The number of piperazine rings is 1. The van der Waals surface area contributed by atoms with Crippen molar-refractivity contribution in [1.29, 1.82) is 0 Å². The zero-order chi connectivity index (χ0) is 18.4. The van der Waals surface area contributed by atoms with Gasteiger partial charge in [-0.25, -0.2) is 4.79 Å². The molecule has 1 aromatic heterocycles. The minimum Gasteiger partial charge on any atom is -0.396 e. The van der Waals surface area contributed by atoms with Crippen LogP contribution in [0.4, 0.5) is 4.79 Å². The van der Waals surface area contributed by atoms with E-state index in [1.165, 1.54) is 0 Å². The lowest BCUT2D eigenvalue weighted by atomic mass is 10.1. The summed E-state index contributed by atoms with van der Waals surface area (Å²) in [6.07, 6.45) is 0.770. The number of amides is 2. The second kappa shape index (κ2) is 8.77. The molecule has 2 amide bonds. The van der Waals surface area contributed by atoms with Gasteiger partial charge in [0, 0.05) is 44.9 Å². The standard InChI is InChI=1S/C18H25N5O3/c1-14-5-2-3-6-15(14)17-20-16(26-21-17)13-19-18(25)23-10-8-22(9-11-23)7-4-12-24/h2-3,5-6,24H,4,7-13H2,1H3,(H,19,25). The molecule has 1 aromatic carbocycles. The van der Waals surface area contributed by atoms with E-state index in [9.17, 15) is 4.79 Å². The van der Waals surface area contributed by atoms with E-state index < -0.39 is 0 Å². The van der Waals surface area contributed by atoms with Crippen LogP contribution in [0.25, 0.3) is 11.4 Å². The monoisotopic (exact) mass is 359 g/mol. The van der Waals surface area contributed by atoms with Gasteiger partial charge in [-0.1, -0.05) is 29.4 Å². The predicted molar refractivity (Wildman–Crippen MR) is 96.4 cm³/mol. The molecule has 1 aliphatic heterocycles. The van der Waals surface area contributed by atoms with Crippen molar-refractivity contribution in [2.45, 2.75) is 19.9 Å². The second-order valence-corrected chi connectivity index (χ2v) is 6.39. The number of hydrogen-bond acceptors (Lipinski definition) is 6. The van der Waals surface area contributed by atoms with Gasteiger partial charge in [0.1, 0.15) is 0 Å². The van der Waals surface area contributed by atoms with Crippen molar-refractivity contribution in [3.63, 3.8) is 0 Å². The Morgan fingerprint density at radius 1 is 1.27 bits per heavy atom. The summed E-state index contributed by atoms with van der Waals surface area (Å²) in [5.41, 5.74) is 2.00. The van der Waals surface area contributed by atoms with Crippen molar-refractivity contribution in [3.05, 3.63) is 35.7 Å². The number of aliphatic hydroxyl groups is 1. The third-order valence-electron chi connectivity index (χ3n) is 4.54. The number of rotatable bonds is 6. The van der Waals surface area contributed by atoms with Gasteiger partial charge in [0.25, 0.3) is 0 Å². The Hall–Kier alpha value is -2.45. The topological polar surface area (TPSA) is 94.7 Å². The largest absolute Gasteiger partial charge is 0.396 e. The van der Waals surface area contributed by atoms with E-state index in [-0.39, 0.29) is 19.2 Å². The fraction of sp³-hybridized carbons (Fsp3) is 0.500. The molecule has 2 aromatic rings. The van der Waals surface area contributed by atoms with Crippen LogP contribution in [0.2, 0.25) is 0 Å². The van der Waals surface area contributed by atoms with Crippen molar-refractivity contribution >= 4 is 6.03 Å². The van der Waals surface area contributed by atoms with Gasteiger partial charge >= 0.3 is 6.03 Å². The summed E-state index contributed by atoms with van der Waals surface area (Å²) in [6.45, 7) is 6.28. The number of aryl methyl sites for hydroxylation is 1. The van der Waals surface area contributed by atoms with Crippen molar-refractivity contribution in [2.24, 2.45) is 0 Å². The molecule has 0 aliphatic carbocycles. The van der Waals surface area contributed by atoms with Crippen LogP contribution in [0.15, 0.2) is 28.8 Å². The van der Waals surface area contributed by atoms with Gasteiger partial charge in [0.05, 0.1) is 6.54 Å². The molecule has 0 saturated carbocycles. The first-order chi connectivity index (χ1) is 12.7. The number of hydrogen-bond donors (Lipinski definition) is 2. The first kappa shape index (κ1) is 18.3. The van der Waals surface area contributed by atoms with Gasteiger partial charge in [0.2, 0.25) is 11.7 Å². The van der Waals surface area contributed by atoms with Gasteiger partial charge < -0.3 is 19.8 Å². The molecule has 0 spiro atoms. The van der Waals surface area contributed by atoms with E-state index in [0.717, 1.165) is 37.2 Å². The molecule has 1 fully saturated rings. The van der Waals surface area contributed by atoms with Crippen LogP contribution in [-0.4, -0.2) is 70.4 Å². The predicted octanol–water partition coefficient (Wildman–Crippen LogP) is 1.25. The first-order valence-corrected chi connectivity index (χ1v) is 8.92. The maximum atomic E-state index is 12.3. The molecule has 0 radical (unpaired) electrons. The van der Waals surface area contributed by atoms with E-state index in [4.69, 9.17) is 9.63 Å². The van der Waals surface area contributed by atoms with Crippen LogP contribution >= 0.6 is 0 Å². The van der Waals surface area contributed by atoms with Gasteiger partial charge in [-0.2, -0.15) is 4.98 Å². The number of aromatic nitrogens is 2. The van der Waals surface area contributed by atoms with Crippen LogP contribution in [-0.2, 0) is 6.54 Å². The Bertz CT molecular complexity index is 725. The van der Waals surface area contributed by atoms with Crippen LogP contribution in [0, 0.1) is 6.92 Å². The Labute approximate surface area is 152 Å². The van der Waals surface area contributed by atoms with E-state index in [2.05, 4.69) is 20.4 Å². The molecule has 2 heterocycles. The summed E-state index contributed by atoms with van der Waals surface area (Å²) in [5.74, 6) is 0.919. The number of aliphatic hydroxyl groups excluding tert-OH is 1. The van der Waals surface area contributed by atoms with Crippen molar-refractivity contribution < 1.29 is 14.4 Å². The number of benzene rings is 1. The molecule has 1 aliphatic rings. The number of urea groups is 1. The van der Waals surface area contributed by atoms with Crippen molar-refractivity contribution in [2.75, 3.05) is 39.3 Å². The zero-order valence-electron chi connectivity index (χ0n) is 15.0. The minimum atomic E-state index is -0.123. The molecule has 0 unspecified atom stereocenters. The summed E-state index contributed by atoms with van der Waals surface area (Å²) in [7, 11) is 0. The molecule has 3 rings (SSSR count). The molecule has 1 saturated heterocycles. The summed E-state index contributed by atoms with van der Waals surface area (Å²) >= 11 is 0. The number of carbonyl (C=O) groups is 1. The van der Waals surface area contributed by atoms with E-state index >= 15 is 0 Å². The van der Waals surface area contributed by atoms with Crippen LogP contribution in [0.1, 0.15) is 17.9 Å².